The van der Waals surface area contributed by atoms with Gasteiger partial charge in [0.15, 0.2) is 0 Å². The van der Waals surface area contributed by atoms with E-state index in [1.807, 2.05) is 0 Å². The van der Waals surface area contributed by atoms with Crippen molar-refractivity contribution in [3.8, 4) is 0 Å². The molecule has 1 unspecified atom stereocenters. The molecule has 1 nitrogen and oxygen atoms in total. The molecule has 0 spiro atoms. The highest BCUT2D eigenvalue weighted by atomic mass is 32.1. The van der Waals surface area contributed by atoms with Crippen molar-refractivity contribution in [2.45, 2.75) is 25.5 Å². The molecule has 1 fully saturated rings. The topological polar surface area (TPSA) is 9.23 Å². The Hall–Kier alpha value is 0.310. The second-order valence-electron chi connectivity index (χ2n) is 3.35. The Kier molecular flexibility index (Phi) is 2.07. The zero-order chi connectivity index (χ0) is 6.91. The first kappa shape index (κ1) is 7.42. The van der Waals surface area contributed by atoms with E-state index in [4.69, 9.17) is 4.74 Å². The Balaban J connectivity index is 2.49. The minimum atomic E-state index is 0.279. The Morgan fingerprint density at radius 1 is 1.56 bits per heavy atom. The molecule has 1 saturated heterocycles. The standard InChI is InChI=1S/C7H14OS/c1-7(2)5-8-4-3-6(7)9/h6,9H,3-5H2,1-2H3. The van der Waals surface area contributed by atoms with Gasteiger partial charge in [0.25, 0.3) is 0 Å². The monoisotopic (exact) mass is 146 g/mol. The van der Waals surface area contributed by atoms with Crippen molar-refractivity contribution < 1.29 is 4.74 Å². The van der Waals surface area contributed by atoms with Gasteiger partial charge in [-0.3, -0.25) is 0 Å². The van der Waals surface area contributed by atoms with E-state index in [9.17, 15) is 0 Å². The van der Waals surface area contributed by atoms with Crippen LogP contribution in [-0.4, -0.2) is 18.5 Å². The maximum absolute atomic E-state index is 5.31. The third kappa shape index (κ3) is 1.62. The van der Waals surface area contributed by atoms with E-state index in [0.29, 0.717) is 5.25 Å². The third-order valence-electron chi connectivity index (χ3n) is 1.91. The minimum absolute atomic E-state index is 0.279. The summed E-state index contributed by atoms with van der Waals surface area (Å²) < 4.78 is 5.31. The summed E-state index contributed by atoms with van der Waals surface area (Å²) in [5, 5.41) is 0.520. The fourth-order valence-corrected chi connectivity index (χ4v) is 1.20. The van der Waals surface area contributed by atoms with Gasteiger partial charge >= 0.3 is 0 Å². The smallest absolute Gasteiger partial charge is 0.0527 e. The van der Waals surface area contributed by atoms with Gasteiger partial charge in [0.05, 0.1) is 6.61 Å². The molecule has 0 amide bonds. The lowest BCUT2D eigenvalue weighted by Crippen LogP contribution is -2.35. The second kappa shape index (κ2) is 2.51. The molecule has 1 heterocycles. The number of ether oxygens (including phenoxy) is 1. The van der Waals surface area contributed by atoms with E-state index >= 15 is 0 Å². The predicted molar refractivity (Wildman–Crippen MR) is 42.0 cm³/mol. The van der Waals surface area contributed by atoms with Gasteiger partial charge in [0, 0.05) is 11.9 Å². The van der Waals surface area contributed by atoms with Crippen molar-refractivity contribution in [2.24, 2.45) is 5.41 Å². The first-order valence-corrected chi connectivity index (χ1v) is 3.90. The largest absolute Gasteiger partial charge is 0.381 e. The van der Waals surface area contributed by atoms with Crippen LogP contribution in [0.15, 0.2) is 0 Å². The van der Waals surface area contributed by atoms with Gasteiger partial charge in [0.2, 0.25) is 0 Å². The van der Waals surface area contributed by atoms with Crippen LogP contribution < -0.4 is 0 Å². The summed E-state index contributed by atoms with van der Waals surface area (Å²) in [5.41, 5.74) is 0.279. The van der Waals surface area contributed by atoms with Gasteiger partial charge in [0.1, 0.15) is 0 Å². The van der Waals surface area contributed by atoms with E-state index < -0.39 is 0 Å². The van der Waals surface area contributed by atoms with E-state index in [1.165, 1.54) is 0 Å². The van der Waals surface area contributed by atoms with E-state index in [2.05, 4.69) is 26.5 Å². The first-order chi connectivity index (χ1) is 4.13. The zero-order valence-corrected chi connectivity index (χ0v) is 6.95. The average Bonchev–Trinajstić information content (AvgIpc) is 1.77. The molecule has 1 aliphatic rings. The summed E-state index contributed by atoms with van der Waals surface area (Å²) >= 11 is 4.46. The van der Waals surface area contributed by atoms with Gasteiger partial charge in [-0.2, -0.15) is 12.6 Å². The lowest BCUT2D eigenvalue weighted by molar-refractivity contribution is 0.0184. The van der Waals surface area contributed by atoms with E-state index in [-0.39, 0.29) is 5.41 Å². The van der Waals surface area contributed by atoms with Crippen LogP contribution in [0.5, 0.6) is 0 Å². The normalized spacial score (nSPS) is 34.3. The Morgan fingerprint density at radius 2 is 2.22 bits per heavy atom. The summed E-state index contributed by atoms with van der Waals surface area (Å²) in [6, 6.07) is 0. The van der Waals surface area contributed by atoms with Crippen molar-refractivity contribution in [3.05, 3.63) is 0 Å². The zero-order valence-electron chi connectivity index (χ0n) is 6.05. The molecule has 1 aliphatic heterocycles. The quantitative estimate of drug-likeness (QED) is 0.512. The molecule has 1 atom stereocenters. The van der Waals surface area contributed by atoms with Gasteiger partial charge in [-0.15, -0.1) is 0 Å². The van der Waals surface area contributed by atoms with Crippen molar-refractivity contribution in [1.29, 1.82) is 0 Å². The molecular formula is C7H14OS. The molecule has 0 aromatic heterocycles. The van der Waals surface area contributed by atoms with Crippen molar-refractivity contribution in [2.75, 3.05) is 13.2 Å². The Labute approximate surface area is 62.2 Å². The molecule has 2 heteroatoms. The average molecular weight is 146 g/mol. The Bertz CT molecular complexity index is 101. The second-order valence-corrected chi connectivity index (χ2v) is 3.97. The highest BCUT2D eigenvalue weighted by molar-refractivity contribution is 7.81. The summed E-state index contributed by atoms with van der Waals surface area (Å²) in [7, 11) is 0. The summed E-state index contributed by atoms with van der Waals surface area (Å²) in [4.78, 5) is 0. The maximum Gasteiger partial charge on any atom is 0.0527 e. The van der Waals surface area contributed by atoms with Crippen LogP contribution >= 0.6 is 12.6 Å². The number of hydrogen-bond donors (Lipinski definition) is 1. The molecule has 1 rings (SSSR count). The van der Waals surface area contributed by atoms with Crippen LogP contribution in [0.3, 0.4) is 0 Å². The van der Waals surface area contributed by atoms with Gasteiger partial charge < -0.3 is 4.74 Å². The van der Waals surface area contributed by atoms with E-state index in [0.717, 1.165) is 19.6 Å². The predicted octanol–water partition coefficient (Wildman–Crippen LogP) is 1.73. The minimum Gasteiger partial charge on any atom is -0.381 e. The molecule has 0 saturated carbocycles. The number of hydrogen-bond acceptors (Lipinski definition) is 2. The number of rotatable bonds is 0. The highest BCUT2D eigenvalue weighted by Crippen LogP contribution is 2.31. The molecule has 54 valence electrons. The van der Waals surface area contributed by atoms with Gasteiger partial charge in [-0.05, 0) is 11.8 Å². The van der Waals surface area contributed by atoms with Crippen LogP contribution in [0, 0.1) is 5.41 Å². The molecule has 0 radical (unpaired) electrons. The van der Waals surface area contributed by atoms with Crippen molar-refractivity contribution in [1.82, 2.24) is 0 Å². The van der Waals surface area contributed by atoms with Crippen LogP contribution in [0.25, 0.3) is 0 Å². The fraction of sp³-hybridized carbons (Fsp3) is 1.00. The van der Waals surface area contributed by atoms with Crippen LogP contribution in [0.4, 0.5) is 0 Å². The SMILES string of the molecule is CC1(C)COCCC1S. The summed E-state index contributed by atoms with van der Waals surface area (Å²) in [5.74, 6) is 0. The van der Waals surface area contributed by atoms with Crippen LogP contribution in [0.2, 0.25) is 0 Å². The molecule has 0 aromatic rings. The fourth-order valence-electron chi connectivity index (χ4n) is 1.02. The first-order valence-electron chi connectivity index (χ1n) is 3.39. The third-order valence-corrected chi connectivity index (χ3v) is 2.87. The molecule has 0 N–H and O–H groups in total. The lowest BCUT2D eigenvalue weighted by Gasteiger charge is -2.35. The lowest BCUT2D eigenvalue weighted by atomic mass is 9.87. The van der Waals surface area contributed by atoms with Crippen molar-refractivity contribution in [3.63, 3.8) is 0 Å². The number of thiol groups is 1. The van der Waals surface area contributed by atoms with Crippen LogP contribution in [-0.2, 0) is 4.74 Å². The molecule has 0 aromatic carbocycles. The van der Waals surface area contributed by atoms with Gasteiger partial charge in [-0.1, -0.05) is 13.8 Å². The molecular weight excluding hydrogens is 132 g/mol. The summed E-state index contributed by atoms with van der Waals surface area (Å²) in [6.45, 7) is 6.15. The molecule has 0 bridgehead atoms. The van der Waals surface area contributed by atoms with Crippen molar-refractivity contribution >= 4 is 12.6 Å². The molecule has 9 heavy (non-hydrogen) atoms. The van der Waals surface area contributed by atoms with Gasteiger partial charge in [-0.25, -0.2) is 0 Å². The molecule has 0 aliphatic carbocycles. The summed E-state index contributed by atoms with van der Waals surface area (Å²) in [6.07, 6.45) is 1.09. The maximum atomic E-state index is 5.31. The highest BCUT2D eigenvalue weighted by Gasteiger charge is 2.29. The van der Waals surface area contributed by atoms with Crippen LogP contribution in [0.1, 0.15) is 20.3 Å². The Morgan fingerprint density at radius 3 is 2.56 bits per heavy atom. The van der Waals surface area contributed by atoms with E-state index in [1.54, 1.807) is 0 Å².